The molecular weight excluding hydrogens is 462 g/mol. The van der Waals surface area contributed by atoms with Crippen LogP contribution in [-0.2, 0) is 14.3 Å². The number of hydrogen-bond acceptors (Lipinski definition) is 7. The van der Waals surface area contributed by atoms with Gasteiger partial charge >= 0.3 is 11.9 Å². The zero-order chi connectivity index (χ0) is 25.3. The molecular formula is C27H35N3O4S. The van der Waals surface area contributed by atoms with Crippen LogP contribution in [0.3, 0.4) is 0 Å². The first-order valence-electron chi connectivity index (χ1n) is 12.1. The zero-order valence-corrected chi connectivity index (χ0v) is 21.4. The Labute approximate surface area is 211 Å². The Morgan fingerprint density at radius 2 is 1.69 bits per heavy atom. The zero-order valence-electron chi connectivity index (χ0n) is 20.6. The average Bonchev–Trinajstić information content (AvgIpc) is 3.15. The molecule has 2 aromatic carbocycles. The number of nitrogens with two attached hydrogens (primary N) is 1. The van der Waals surface area contributed by atoms with E-state index in [2.05, 4.69) is 22.3 Å². The van der Waals surface area contributed by atoms with Gasteiger partial charge in [-0.15, -0.1) is 11.8 Å². The van der Waals surface area contributed by atoms with Crippen molar-refractivity contribution in [2.24, 2.45) is 11.1 Å². The summed E-state index contributed by atoms with van der Waals surface area (Å²) < 4.78 is 5.27. The fourth-order valence-electron chi connectivity index (χ4n) is 5.09. The quantitative estimate of drug-likeness (QED) is 0.404. The second kappa shape index (κ2) is 9.84. The molecule has 35 heavy (non-hydrogen) atoms. The monoisotopic (exact) mass is 497 g/mol. The lowest BCUT2D eigenvalue weighted by molar-refractivity contribution is -0.153. The third kappa shape index (κ3) is 5.20. The molecule has 2 heterocycles. The Morgan fingerprint density at radius 3 is 2.23 bits per heavy atom. The summed E-state index contributed by atoms with van der Waals surface area (Å²) in [6.07, 6.45) is 0.454. The van der Waals surface area contributed by atoms with Crippen LogP contribution in [0.25, 0.3) is 0 Å². The van der Waals surface area contributed by atoms with E-state index in [-0.39, 0.29) is 6.42 Å². The molecule has 1 spiro atoms. The molecule has 2 fully saturated rings. The molecule has 0 aliphatic carbocycles. The fourth-order valence-corrected chi connectivity index (χ4v) is 7.12. The number of piperidine rings is 1. The summed E-state index contributed by atoms with van der Waals surface area (Å²) in [4.78, 5) is 27.1. The number of carbonyl (C=O) groups excluding carboxylic acids is 1. The van der Waals surface area contributed by atoms with Gasteiger partial charge in [-0.25, -0.2) is 0 Å². The van der Waals surface area contributed by atoms with E-state index >= 15 is 0 Å². The number of carboxylic acid groups (broad SMARTS) is 1. The molecule has 2 aliphatic heterocycles. The summed E-state index contributed by atoms with van der Waals surface area (Å²) in [7, 11) is 0. The Hall–Kier alpha value is -2.55. The SMILES string of the molecule is CC(C)(C)C1(CC(=O)O)NC(C(=O)OC(N)c2ccccc2)C2(CCN(c3ccccc3)CC2)S1. The van der Waals surface area contributed by atoms with Gasteiger partial charge < -0.3 is 14.7 Å². The lowest BCUT2D eigenvalue weighted by Gasteiger charge is -2.44. The lowest BCUT2D eigenvalue weighted by atomic mass is 9.82. The molecule has 0 radical (unpaired) electrons. The second-order valence-electron chi connectivity index (χ2n) is 10.5. The highest BCUT2D eigenvalue weighted by Gasteiger charge is 2.63. The van der Waals surface area contributed by atoms with Crippen LogP contribution in [0.1, 0.15) is 51.8 Å². The molecule has 4 rings (SSSR count). The molecule has 0 aromatic heterocycles. The number of anilines is 1. The molecule has 0 amide bonds. The Bertz CT molecular complexity index is 1040. The third-order valence-corrected chi connectivity index (χ3v) is 9.50. The van der Waals surface area contributed by atoms with Crippen LogP contribution in [0.4, 0.5) is 5.69 Å². The van der Waals surface area contributed by atoms with E-state index in [0.717, 1.165) is 31.6 Å². The third-order valence-electron chi connectivity index (χ3n) is 7.23. The van der Waals surface area contributed by atoms with Crippen molar-refractivity contribution in [2.75, 3.05) is 18.0 Å². The van der Waals surface area contributed by atoms with Crippen molar-refractivity contribution in [1.82, 2.24) is 5.32 Å². The van der Waals surface area contributed by atoms with Gasteiger partial charge in [0.05, 0.1) is 11.3 Å². The van der Waals surface area contributed by atoms with Crippen molar-refractivity contribution in [1.29, 1.82) is 0 Å². The fraction of sp³-hybridized carbons (Fsp3) is 0.481. The van der Waals surface area contributed by atoms with Gasteiger partial charge in [-0.2, -0.15) is 0 Å². The van der Waals surface area contributed by atoms with E-state index in [9.17, 15) is 14.7 Å². The number of thioether (sulfide) groups is 1. The number of nitrogens with one attached hydrogen (secondary N) is 1. The number of aliphatic carboxylic acids is 1. The summed E-state index contributed by atoms with van der Waals surface area (Å²) in [6, 6.07) is 18.8. The van der Waals surface area contributed by atoms with Crippen LogP contribution in [-0.4, -0.2) is 45.8 Å². The predicted octanol–water partition coefficient (Wildman–Crippen LogP) is 4.15. The number of benzene rings is 2. The first-order chi connectivity index (χ1) is 16.6. The molecule has 4 N–H and O–H groups in total. The van der Waals surface area contributed by atoms with E-state index in [1.54, 1.807) is 11.8 Å². The number of esters is 1. The van der Waals surface area contributed by atoms with Crippen LogP contribution in [0.15, 0.2) is 60.7 Å². The predicted molar refractivity (Wildman–Crippen MR) is 139 cm³/mol. The molecule has 2 aliphatic rings. The number of hydrogen-bond donors (Lipinski definition) is 3. The van der Waals surface area contributed by atoms with Crippen LogP contribution in [0, 0.1) is 5.41 Å². The standard InChI is InChI=1S/C27H35N3O4S/c1-25(2,3)27(18-21(31)32)29-22(24(33)34-23(28)19-10-6-4-7-11-19)26(35-27)14-16-30(17-15-26)20-12-8-5-9-13-20/h4-13,22-23,29H,14-18,28H2,1-3H3,(H,31,32). The van der Waals surface area contributed by atoms with Crippen LogP contribution in [0.2, 0.25) is 0 Å². The van der Waals surface area contributed by atoms with E-state index in [1.165, 1.54) is 0 Å². The number of rotatable bonds is 6. The molecule has 7 nitrogen and oxygen atoms in total. The van der Waals surface area contributed by atoms with Crippen molar-refractivity contribution < 1.29 is 19.4 Å². The summed E-state index contributed by atoms with van der Waals surface area (Å²) in [5.41, 5.74) is 7.68. The van der Waals surface area contributed by atoms with Gasteiger partial charge in [-0.3, -0.25) is 20.6 Å². The van der Waals surface area contributed by atoms with Gasteiger partial charge in [0.2, 0.25) is 0 Å². The van der Waals surface area contributed by atoms with E-state index in [0.29, 0.717) is 5.56 Å². The molecule has 2 saturated heterocycles. The highest BCUT2D eigenvalue weighted by Crippen LogP contribution is 2.58. The number of nitrogens with zero attached hydrogens (tertiary/aromatic N) is 1. The van der Waals surface area contributed by atoms with E-state index < -0.39 is 39.2 Å². The maximum Gasteiger partial charge on any atom is 0.326 e. The summed E-state index contributed by atoms with van der Waals surface area (Å²) in [5.74, 6) is -1.33. The van der Waals surface area contributed by atoms with Gasteiger partial charge in [-0.05, 0) is 30.4 Å². The number of carbonyl (C=O) groups is 2. The second-order valence-corrected chi connectivity index (χ2v) is 12.2. The maximum atomic E-state index is 13.6. The van der Waals surface area contributed by atoms with Crippen molar-refractivity contribution in [2.45, 2.75) is 61.9 Å². The maximum absolute atomic E-state index is 13.6. The Morgan fingerprint density at radius 1 is 1.11 bits per heavy atom. The molecule has 2 aromatic rings. The topological polar surface area (TPSA) is 105 Å². The highest BCUT2D eigenvalue weighted by molar-refractivity contribution is 8.02. The van der Waals surface area contributed by atoms with Crippen LogP contribution >= 0.6 is 11.8 Å². The van der Waals surface area contributed by atoms with Gasteiger partial charge in [0.15, 0.2) is 6.23 Å². The molecule has 0 saturated carbocycles. The van der Waals surface area contributed by atoms with Crippen molar-refractivity contribution >= 4 is 29.4 Å². The molecule has 3 unspecified atom stereocenters. The first kappa shape index (κ1) is 25.5. The molecule has 8 heteroatoms. The van der Waals surface area contributed by atoms with Crippen LogP contribution in [0.5, 0.6) is 0 Å². The van der Waals surface area contributed by atoms with Gasteiger partial charge in [0.1, 0.15) is 6.04 Å². The first-order valence-corrected chi connectivity index (χ1v) is 12.9. The van der Waals surface area contributed by atoms with Gasteiger partial charge in [0.25, 0.3) is 0 Å². The van der Waals surface area contributed by atoms with Crippen molar-refractivity contribution in [3.05, 3.63) is 66.2 Å². The van der Waals surface area contributed by atoms with E-state index in [1.807, 2.05) is 69.3 Å². The minimum absolute atomic E-state index is 0.0974. The number of ether oxygens (including phenoxy) is 1. The normalized spacial score (nSPS) is 24.8. The minimum Gasteiger partial charge on any atom is -0.481 e. The average molecular weight is 498 g/mol. The van der Waals surface area contributed by atoms with Crippen molar-refractivity contribution in [3.8, 4) is 0 Å². The van der Waals surface area contributed by atoms with Crippen molar-refractivity contribution in [3.63, 3.8) is 0 Å². The molecule has 188 valence electrons. The number of carboxylic acids is 1. The smallest absolute Gasteiger partial charge is 0.326 e. The minimum atomic E-state index is -0.896. The van der Waals surface area contributed by atoms with Gasteiger partial charge in [0, 0.05) is 29.1 Å². The molecule has 0 bridgehead atoms. The molecule has 3 atom stereocenters. The highest BCUT2D eigenvalue weighted by atomic mass is 32.2. The van der Waals surface area contributed by atoms with Gasteiger partial charge in [-0.1, -0.05) is 69.3 Å². The summed E-state index contributed by atoms with van der Waals surface area (Å²) in [5, 5.41) is 13.3. The van der Waals surface area contributed by atoms with E-state index in [4.69, 9.17) is 10.5 Å². The summed E-state index contributed by atoms with van der Waals surface area (Å²) >= 11 is 1.61. The largest absolute Gasteiger partial charge is 0.481 e. The summed E-state index contributed by atoms with van der Waals surface area (Å²) in [6.45, 7) is 7.59. The van der Waals surface area contributed by atoms with Crippen LogP contribution < -0.4 is 16.0 Å². The number of para-hydroxylation sites is 1. The Kier molecular flexibility index (Phi) is 7.18. The lowest BCUT2D eigenvalue weighted by Crippen LogP contribution is -2.57. The Balaban J connectivity index is 1.62.